The summed E-state index contributed by atoms with van der Waals surface area (Å²) < 4.78 is 4.50. The van der Waals surface area contributed by atoms with Crippen LogP contribution in [-0.2, 0) is 33.5 Å². The minimum atomic E-state index is -1.33. The number of carboxylic acids is 3. The van der Waals surface area contributed by atoms with Crippen molar-refractivity contribution in [2.24, 2.45) is 5.73 Å². The van der Waals surface area contributed by atoms with Gasteiger partial charge < -0.3 is 36.4 Å². The number of carbonyl (C=O) groups is 6. The van der Waals surface area contributed by atoms with E-state index in [0.717, 1.165) is 18.9 Å². The first kappa shape index (κ1) is 26.1. The molecule has 29 heavy (non-hydrogen) atoms. The minimum absolute atomic E-state index is 0.207. The fraction of sp³-hybridized carbons (Fsp3) is 0.600. The third kappa shape index (κ3) is 11.5. The Bertz CT molecular complexity index is 642. The zero-order chi connectivity index (χ0) is 22.6. The second-order valence-corrected chi connectivity index (χ2v) is 6.89. The lowest BCUT2D eigenvalue weighted by Crippen LogP contribution is -2.50. The Morgan fingerprint density at radius 3 is 2.17 bits per heavy atom. The third-order valence-electron chi connectivity index (χ3n) is 3.35. The summed E-state index contributed by atoms with van der Waals surface area (Å²) in [6.45, 7) is -0.727. The number of amides is 2. The average Bonchev–Trinajstić information content (AvgIpc) is 2.64. The summed E-state index contributed by atoms with van der Waals surface area (Å²) in [6, 6.07) is -2.59. The van der Waals surface area contributed by atoms with Crippen molar-refractivity contribution in [2.45, 2.75) is 36.6 Å². The van der Waals surface area contributed by atoms with Crippen LogP contribution in [-0.4, -0.2) is 87.8 Å². The molecule has 0 aromatic rings. The molecule has 3 atom stereocenters. The summed E-state index contributed by atoms with van der Waals surface area (Å²) in [5, 5.41) is 29.4. The summed E-state index contributed by atoms with van der Waals surface area (Å²) in [5.74, 6) is -6.65. The smallest absolute Gasteiger partial charge is 0.322 e. The van der Waals surface area contributed by atoms with Crippen molar-refractivity contribution in [3.63, 3.8) is 0 Å². The van der Waals surface area contributed by atoms with Gasteiger partial charge in [-0.25, -0.2) is 0 Å². The summed E-state index contributed by atoms with van der Waals surface area (Å²) in [4.78, 5) is 68.0. The highest BCUT2D eigenvalue weighted by Crippen LogP contribution is 2.18. The number of aliphatic carboxylic acids is 3. The fourth-order valence-electron chi connectivity index (χ4n) is 1.86. The van der Waals surface area contributed by atoms with Crippen LogP contribution < -0.4 is 16.4 Å². The van der Waals surface area contributed by atoms with Crippen LogP contribution >= 0.6 is 11.8 Å². The molecule has 0 spiro atoms. The standard InChI is InChI=1S/C15H23N3O10S/c1-28-15(27)9(4-11(20)21)29-6-8(13(24)17-5-12(22)23)18-10(19)3-2-7(16)14(25)26/h7-9H,2-6,16H2,1H3,(H,17,24)(H,18,19)(H,20,21)(H,22,23)(H,25,26)/t7-,8-,9+/m0/s1. The fourth-order valence-corrected chi connectivity index (χ4v) is 3.01. The number of nitrogens with one attached hydrogen (secondary N) is 2. The van der Waals surface area contributed by atoms with E-state index >= 15 is 0 Å². The van der Waals surface area contributed by atoms with Gasteiger partial charge in [0.15, 0.2) is 0 Å². The molecule has 13 nitrogen and oxygen atoms in total. The molecule has 14 heteroatoms. The molecule has 0 aliphatic heterocycles. The molecule has 0 bridgehead atoms. The van der Waals surface area contributed by atoms with Crippen LogP contribution in [0.1, 0.15) is 19.3 Å². The van der Waals surface area contributed by atoms with Crippen LogP contribution in [0.15, 0.2) is 0 Å². The molecule has 0 aliphatic carbocycles. The first-order valence-electron chi connectivity index (χ1n) is 8.16. The zero-order valence-corrected chi connectivity index (χ0v) is 16.3. The lowest BCUT2D eigenvalue weighted by atomic mass is 10.1. The molecule has 7 N–H and O–H groups in total. The lowest BCUT2D eigenvalue weighted by Gasteiger charge is -2.20. The van der Waals surface area contributed by atoms with Crippen molar-refractivity contribution < 1.29 is 48.8 Å². The van der Waals surface area contributed by atoms with Crippen LogP contribution in [0.4, 0.5) is 0 Å². The number of carboxylic acid groups (broad SMARTS) is 3. The predicted molar refractivity (Wildman–Crippen MR) is 97.9 cm³/mol. The van der Waals surface area contributed by atoms with E-state index in [9.17, 15) is 28.8 Å². The Kier molecular flexibility index (Phi) is 12.0. The topological polar surface area (TPSA) is 222 Å². The SMILES string of the molecule is COC(=O)[C@@H](CC(=O)O)SC[C@H](NC(=O)CC[C@H](N)C(=O)O)C(=O)NCC(=O)O. The quantitative estimate of drug-likeness (QED) is 0.157. The number of carbonyl (C=O) groups excluding carboxylic acids is 3. The van der Waals surface area contributed by atoms with Crippen molar-refractivity contribution in [2.75, 3.05) is 19.4 Å². The van der Waals surface area contributed by atoms with E-state index in [1.165, 1.54) is 0 Å². The first-order chi connectivity index (χ1) is 13.5. The van der Waals surface area contributed by atoms with E-state index in [1.807, 2.05) is 0 Å². The molecule has 0 unspecified atom stereocenters. The first-order valence-corrected chi connectivity index (χ1v) is 9.21. The van der Waals surface area contributed by atoms with Crippen molar-refractivity contribution >= 4 is 47.5 Å². The van der Waals surface area contributed by atoms with Crippen LogP contribution in [0.3, 0.4) is 0 Å². The largest absolute Gasteiger partial charge is 0.481 e. The molecule has 0 saturated carbocycles. The number of nitrogens with two attached hydrogens (primary N) is 1. The molecule has 0 aromatic heterocycles. The number of esters is 1. The van der Waals surface area contributed by atoms with Crippen LogP contribution in [0.5, 0.6) is 0 Å². The molecular weight excluding hydrogens is 414 g/mol. The van der Waals surface area contributed by atoms with Crippen LogP contribution in [0.2, 0.25) is 0 Å². The van der Waals surface area contributed by atoms with Gasteiger partial charge in [0.1, 0.15) is 23.9 Å². The maximum Gasteiger partial charge on any atom is 0.322 e. The minimum Gasteiger partial charge on any atom is -0.481 e. The lowest BCUT2D eigenvalue weighted by molar-refractivity contribution is -0.144. The van der Waals surface area contributed by atoms with Gasteiger partial charge in [-0.15, -0.1) is 11.8 Å². The van der Waals surface area contributed by atoms with Gasteiger partial charge in [-0.2, -0.15) is 0 Å². The van der Waals surface area contributed by atoms with Gasteiger partial charge in [0, 0.05) is 12.2 Å². The van der Waals surface area contributed by atoms with Gasteiger partial charge in [-0.3, -0.25) is 28.8 Å². The predicted octanol–water partition coefficient (Wildman–Crippen LogP) is -2.39. The van der Waals surface area contributed by atoms with E-state index < -0.39 is 66.0 Å². The molecule has 0 saturated heterocycles. The third-order valence-corrected chi connectivity index (χ3v) is 4.64. The Hall–Kier alpha value is -2.87. The number of hydrogen-bond donors (Lipinski definition) is 6. The number of methoxy groups -OCH3 is 1. The van der Waals surface area contributed by atoms with Crippen LogP contribution in [0.25, 0.3) is 0 Å². The molecular formula is C15H23N3O10S. The van der Waals surface area contributed by atoms with E-state index in [4.69, 9.17) is 21.1 Å². The van der Waals surface area contributed by atoms with E-state index in [1.54, 1.807) is 0 Å². The van der Waals surface area contributed by atoms with Crippen molar-refractivity contribution in [1.82, 2.24) is 10.6 Å². The molecule has 0 heterocycles. The maximum absolute atomic E-state index is 12.1. The second-order valence-electron chi connectivity index (χ2n) is 5.66. The Morgan fingerprint density at radius 1 is 1.07 bits per heavy atom. The van der Waals surface area contributed by atoms with E-state index in [2.05, 4.69) is 15.4 Å². The Labute approximate surface area is 169 Å². The van der Waals surface area contributed by atoms with Crippen molar-refractivity contribution in [3.05, 3.63) is 0 Å². The molecule has 0 aromatic carbocycles. The molecule has 0 rings (SSSR count). The van der Waals surface area contributed by atoms with Gasteiger partial charge in [-0.1, -0.05) is 0 Å². The molecule has 0 fully saturated rings. The summed E-state index contributed by atoms with van der Waals surface area (Å²) in [6.07, 6.45) is -1.12. The summed E-state index contributed by atoms with van der Waals surface area (Å²) >= 11 is 0.727. The second kappa shape index (κ2) is 13.3. The van der Waals surface area contributed by atoms with Gasteiger partial charge in [0.25, 0.3) is 0 Å². The van der Waals surface area contributed by atoms with Crippen molar-refractivity contribution in [3.8, 4) is 0 Å². The summed E-state index contributed by atoms with van der Waals surface area (Å²) in [5.41, 5.74) is 5.29. The highest BCUT2D eigenvalue weighted by molar-refractivity contribution is 8.00. The Balaban J connectivity index is 5.07. The maximum atomic E-state index is 12.1. The van der Waals surface area contributed by atoms with E-state index in [-0.39, 0.29) is 18.6 Å². The molecule has 2 amide bonds. The average molecular weight is 437 g/mol. The number of ether oxygens (including phenoxy) is 1. The van der Waals surface area contributed by atoms with E-state index in [0.29, 0.717) is 0 Å². The molecule has 164 valence electrons. The van der Waals surface area contributed by atoms with Gasteiger partial charge in [-0.05, 0) is 6.42 Å². The van der Waals surface area contributed by atoms with Crippen molar-refractivity contribution in [1.29, 1.82) is 0 Å². The highest BCUT2D eigenvalue weighted by Gasteiger charge is 2.28. The summed E-state index contributed by atoms with van der Waals surface area (Å²) in [7, 11) is 1.06. The molecule has 0 aliphatic rings. The number of rotatable bonds is 14. The van der Waals surface area contributed by atoms with Gasteiger partial charge in [0.2, 0.25) is 11.8 Å². The molecule has 0 radical (unpaired) electrons. The van der Waals surface area contributed by atoms with Gasteiger partial charge in [0.05, 0.1) is 13.5 Å². The Morgan fingerprint density at radius 2 is 1.69 bits per heavy atom. The normalized spacial score (nSPS) is 13.4. The number of thioether (sulfide) groups is 1. The number of hydrogen-bond acceptors (Lipinski definition) is 9. The monoisotopic (exact) mass is 437 g/mol. The zero-order valence-electron chi connectivity index (χ0n) is 15.5. The van der Waals surface area contributed by atoms with Gasteiger partial charge >= 0.3 is 23.9 Å². The van der Waals surface area contributed by atoms with Crippen LogP contribution in [0, 0.1) is 0 Å². The highest BCUT2D eigenvalue weighted by atomic mass is 32.2.